The molecule has 5 nitrogen and oxygen atoms in total. The van der Waals surface area contributed by atoms with Gasteiger partial charge in [-0.3, -0.25) is 0 Å². The lowest BCUT2D eigenvalue weighted by atomic mass is 9.97. The number of hydrogen-bond acceptors (Lipinski definition) is 4. The van der Waals surface area contributed by atoms with E-state index in [1.54, 1.807) is 0 Å². The molecule has 0 fully saturated rings. The number of aromatic amines is 1. The molecular formula is C14H14ClN5. The van der Waals surface area contributed by atoms with E-state index in [4.69, 9.17) is 5.73 Å². The van der Waals surface area contributed by atoms with Crippen molar-refractivity contribution in [1.29, 1.82) is 0 Å². The largest absolute Gasteiger partial charge is 0.326 e. The van der Waals surface area contributed by atoms with E-state index in [0.29, 0.717) is 12.4 Å². The highest BCUT2D eigenvalue weighted by Gasteiger charge is 2.11. The summed E-state index contributed by atoms with van der Waals surface area (Å²) in [5.41, 5.74) is 9.91. The summed E-state index contributed by atoms with van der Waals surface area (Å²) in [7, 11) is 0. The number of benzene rings is 2. The predicted octanol–water partition coefficient (Wildman–Crippen LogP) is 2.41. The zero-order valence-electron chi connectivity index (χ0n) is 10.7. The Labute approximate surface area is 122 Å². The van der Waals surface area contributed by atoms with Gasteiger partial charge in [0.15, 0.2) is 5.82 Å². The Morgan fingerprint density at radius 1 is 1.00 bits per heavy atom. The van der Waals surface area contributed by atoms with Gasteiger partial charge in [0.05, 0.1) is 0 Å². The number of aromatic nitrogens is 4. The van der Waals surface area contributed by atoms with Crippen LogP contribution >= 0.6 is 12.4 Å². The molecule has 20 heavy (non-hydrogen) atoms. The first kappa shape index (κ1) is 14.2. The van der Waals surface area contributed by atoms with Gasteiger partial charge in [-0.1, -0.05) is 42.5 Å². The van der Waals surface area contributed by atoms with Crippen LogP contribution in [0, 0.1) is 0 Å². The van der Waals surface area contributed by atoms with Crippen molar-refractivity contribution in [2.75, 3.05) is 0 Å². The fourth-order valence-corrected chi connectivity index (χ4v) is 2.06. The lowest BCUT2D eigenvalue weighted by molar-refractivity contribution is 0.881. The highest BCUT2D eigenvalue weighted by molar-refractivity contribution is 5.85. The molecule has 1 heterocycles. The molecule has 0 bridgehead atoms. The Bertz CT molecular complexity index is 667. The van der Waals surface area contributed by atoms with Gasteiger partial charge in [-0.2, -0.15) is 0 Å². The predicted molar refractivity (Wildman–Crippen MR) is 80.2 cm³/mol. The van der Waals surface area contributed by atoms with E-state index in [0.717, 1.165) is 22.3 Å². The highest BCUT2D eigenvalue weighted by Crippen LogP contribution is 2.30. The molecule has 1 aromatic heterocycles. The Balaban J connectivity index is 0.00000147. The number of tetrazole rings is 1. The molecule has 102 valence electrons. The molecule has 3 rings (SSSR count). The summed E-state index contributed by atoms with van der Waals surface area (Å²) in [6, 6.07) is 16.2. The van der Waals surface area contributed by atoms with Gasteiger partial charge < -0.3 is 5.73 Å². The molecule has 3 N–H and O–H groups in total. The Kier molecular flexibility index (Phi) is 4.45. The van der Waals surface area contributed by atoms with Crippen molar-refractivity contribution in [2.24, 2.45) is 5.73 Å². The van der Waals surface area contributed by atoms with Crippen molar-refractivity contribution in [3.05, 3.63) is 54.1 Å². The average molecular weight is 288 g/mol. The molecule has 0 saturated heterocycles. The molecule has 0 saturated carbocycles. The van der Waals surface area contributed by atoms with Crippen molar-refractivity contribution in [1.82, 2.24) is 20.6 Å². The lowest BCUT2D eigenvalue weighted by Gasteiger charge is -2.09. The van der Waals surface area contributed by atoms with Crippen molar-refractivity contribution in [3.63, 3.8) is 0 Å². The quantitative estimate of drug-likeness (QED) is 0.775. The molecule has 0 amide bonds. The smallest absolute Gasteiger partial charge is 0.180 e. The maximum absolute atomic E-state index is 5.70. The van der Waals surface area contributed by atoms with Crippen LogP contribution in [0.1, 0.15) is 5.56 Å². The first-order valence-corrected chi connectivity index (χ1v) is 6.01. The van der Waals surface area contributed by atoms with Gasteiger partial charge >= 0.3 is 0 Å². The zero-order chi connectivity index (χ0) is 13.1. The summed E-state index contributed by atoms with van der Waals surface area (Å²) >= 11 is 0. The third-order valence-corrected chi connectivity index (χ3v) is 3.00. The molecular weight excluding hydrogens is 274 g/mol. The normalized spacial score (nSPS) is 10.1. The number of hydrogen-bond donors (Lipinski definition) is 2. The molecule has 0 unspecified atom stereocenters. The molecule has 0 aliphatic carbocycles. The monoisotopic (exact) mass is 287 g/mol. The molecule has 0 spiro atoms. The second-order valence-corrected chi connectivity index (χ2v) is 4.20. The summed E-state index contributed by atoms with van der Waals surface area (Å²) < 4.78 is 0. The third kappa shape index (κ3) is 2.68. The van der Waals surface area contributed by atoms with Crippen LogP contribution in [0.5, 0.6) is 0 Å². The van der Waals surface area contributed by atoms with E-state index in [2.05, 4.69) is 38.8 Å². The third-order valence-electron chi connectivity index (χ3n) is 3.00. The standard InChI is InChI=1S/C14H13N5.ClH/c15-9-10-6-7-12(11-4-2-1-3-5-11)13(8-10)14-16-18-19-17-14;/h1-8H,9,15H2,(H,16,17,18,19);1H. The van der Waals surface area contributed by atoms with Gasteiger partial charge in [0.25, 0.3) is 0 Å². The highest BCUT2D eigenvalue weighted by atomic mass is 35.5. The Morgan fingerprint density at radius 2 is 1.80 bits per heavy atom. The van der Waals surface area contributed by atoms with Crippen LogP contribution in [-0.2, 0) is 6.54 Å². The van der Waals surface area contributed by atoms with Gasteiger partial charge in [-0.25, -0.2) is 5.10 Å². The minimum absolute atomic E-state index is 0. The van der Waals surface area contributed by atoms with E-state index in [1.165, 1.54) is 0 Å². The topological polar surface area (TPSA) is 80.5 Å². The van der Waals surface area contributed by atoms with Gasteiger partial charge in [-0.05, 0) is 33.2 Å². The molecule has 3 aromatic rings. The average Bonchev–Trinajstić information content (AvgIpc) is 3.01. The van der Waals surface area contributed by atoms with Crippen molar-refractivity contribution in [3.8, 4) is 22.5 Å². The number of nitrogens with two attached hydrogens (primary N) is 1. The van der Waals surface area contributed by atoms with Crippen LogP contribution in [0.2, 0.25) is 0 Å². The number of rotatable bonds is 3. The molecule has 0 atom stereocenters. The first-order chi connectivity index (χ1) is 9.38. The SMILES string of the molecule is Cl.NCc1ccc(-c2ccccc2)c(-c2nnn[nH]2)c1. The lowest BCUT2D eigenvalue weighted by Crippen LogP contribution is -1.97. The van der Waals surface area contributed by atoms with Gasteiger partial charge in [-0.15, -0.1) is 17.5 Å². The summed E-state index contributed by atoms with van der Waals surface area (Å²) in [6.07, 6.45) is 0. The number of nitrogens with one attached hydrogen (secondary N) is 1. The fourth-order valence-electron chi connectivity index (χ4n) is 2.06. The Morgan fingerprint density at radius 3 is 2.45 bits per heavy atom. The number of nitrogens with zero attached hydrogens (tertiary/aromatic N) is 3. The van der Waals surface area contributed by atoms with Gasteiger partial charge in [0, 0.05) is 12.1 Å². The van der Waals surface area contributed by atoms with Gasteiger partial charge in [0.2, 0.25) is 0 Å². The minimum atomic E-state index is 0. The van der Waals surface area contributed by atoms with Crippen molar-refractivity contribution < 1.29 is 0 Å². The summed E-state index contributed by atoms with van der Waals surface area (Å²) in [5, 5.41) is 14.1. The van der Waals surface area contributed by atoms with E-state index in [9.17, 15) is 0 Å². The molecule has 2 aromatic carbocycles. The molecule has 0 aliphatic rings. The molecule has 0 aliphatic heterocycles. The van der Waals surface area contributed by atoms with Crippen LogP contribution in [0.4, 0.5) is 0 Å². The maximum Gasteiger partial charge on any atom is 0.180 e. The summed E-state index contributed by atoms with van der Waals surface area (Å²) in [6.45, 7) is 0.490. The second kappa shape index (κ2) is 6.27. The van der Waals surface area contributed by atoms with E-state index < -0.39 is 0 Å². The van der Waals surface area contributed by atoms with Crippen LogP contribution in [0.25, 0.3) is 22.5 Å². The summed E-state index contributed by atoms with van der Waals surface area (Å²) in [4.78, 5) is 0. The maximum atomic E-state index is 5.70. The van der Waals surface area contributed by atoms with Crippen molar-refractivity contribution >= 4 is 12.4 Å². The van der Waals surface area contributed by atoms with E-state index in [1.807, 2.05) is 30.3 Å². The van der Waals surface area contributed by atoms with Crippen molar-refractivity contribution in [2.45, 2.75) is 6.54 Å². The van der Waals surface area contributed by atoms with E-state index >= 15 is 0 Å². The van der Waals surface area contributed by atoms with Crippen LogP contribution < -0.4 is 5.73 Å². The number of halogens is 1. The Hall–Kier alpha value is -2.24. The molecule has 6 heteroatoms. The minimum Gasteiger partial charge on any atom is -0.326 e. The van der Waals surface area contributed by atoms with Crippen LogP contribution in [0.15, 0.2) is 48.5 Å². The van der Waals surface area contributed by atoms with Gasteiger partial charge in [0.1, 0.15) is 0 Å². The molecule has 0 radical (unpaired) electrons. The number of H-pyrrole nitrogens is 1. The van der Waals surface area contributed by atoms with Crippen LogP contribution in [0.3, 0.4) is 0 Å². The fraction of sp³-hybridized carbons (Fsp3) is 0.0714. The summed E-state index contributed by atoms with van der Waals surface area (Å²) in [5.74, 6) is 0.647. The first-order valence-electron chi connectivity index (χ1n) is 6.01. The van der Waals surface area contributed by atoms with E-state index in [-0.39, 0.29) is 12.4 Å². The second-order valence-electron chi connectivity index (χ2n) is 4.20. The zero-order valence-corrected chi connectivity index (χ0v) is 11.5. The van der Waals surface area contributed by atoms with Crippen LogP contribution in [-0.4, -0.2) is 20.6 Å².